The first-order valence-corrected chi connectivity index (χ1v) is 10.6. The molecule has 0 aromatic carbocycles. The summed E-state index contributed by atoms with van der Waals surface area (Å²) in [6.07, 6.45) is 9.28. The second-order valence-corrected chi connectivity index (χ2v) is 7.45. The normalized spacial score (nSPS) is 15.0. The molecule has 0 radical (unpaired) electrons. The number of piperidine rings is 1. The molecule has 1 saturated heterocycles. The van der Waals surface area contributed by atoms with Gasteiger partial charge in [-0.25, -0.2) is 24.7 Å². The number of amides is 2. The standard InChI is InChI=1S/C22H30N8O.2H2/c1-3-24-22(31)29-21-14-18(26-15-27-21)13-17-7-11-30(12-8-17)19-5-6-20(28-16(19)2)25-10-4-9-23;;/h4-6,9-10,14-15,17H,3,7-8,11-13,23H2,1-2H3,(H2,24,26,27,29,31);2*1H/b9-4-,25-10?;;. The topological polar surface area (TPSA) is 121 Å². The lowest BCUT2D eigenvalue weighted by Crippen LogP contribution is -2.35. The van der Waals surface area contributed by atoms with Crippen LogP contribution in [0.25, 0.3) is 0 Å². The molecule has 0 aliphatic carbocycles. The third-order valence-electron chi connectivity index (χ3n) is 5.20. The number of urea groups is 1. The van der Waals surface area contributed by atoms with Gasteiger partial charge in [0.1, 0.15) is 12.1 Å². The van der Waals surface area contributed by atoms with E-state index in [0.717, 1.165) is 49.4 Å². The maximum Gasteiger partial charge on any atom is 0.320 e. The number of aryl methyl sites for hydroxylation is 1. The second-order valence-electron chi connectivity index (χ2n) is 7.45. The Bertz CT molecular complexity index is 946. The molecule has 2 amide bonds. The van der Waals surface area contributed by atoms with Gasteiger partial charge in [-0.15, -0.1) is 0 Å². The van der Waals surface area contributed by atoms with Crippen molar-refractivity contribution in [2.24, 2.45) is 16.6 Å². The van der Waals surface area contributed by atoms with E-state index < -0.39 is 0 Å². The van der Waals surface area contributed by atoms with Crippen LogP contribution in [-0.4, -0.2) is 46.8 Å². The molecule has 0 unspecified atom stereocenters. The van der Waals surface area contributed by atoms with Gasteiger partial charge < -0.3 is 16.0 Å². The van der Waals surface area contributed by atoms with E-state index in [1.807, 2.05) is 26.0 Å². The molecule has 3 rings (SSSR count). The molecular formula is C22H34N8O. The monoisotopic (exact) mass is 426 g/mol. The van der Waals surface area contributed by atoms with Crippen molar-refractivity contribution in [3.63, 3.8) is 0 Å². The molecule has 168 valence electrons. The highest BCUT2D eigenvalue weighted by molar-refractivity contribution is 5.88. The SMILES string of the molecule is CCNC(=O)Nc1cc(CC2CCN(c3ccc(N=C/C=C\N)nc3C)CC2)ncn1.[HH].[HH]. The lowest BCUT2D eigenvalue weighted by molar-refractivity contribution is 0.252. The minimum Gasteiger partial charge on any atom is -0.405 e. The predicted molar refractivity (Wildman–Crippen MR) is 128 cm³/mol. The van der Waals surface area contributed by atoms with Crippen LogP contribution >= 0.6 is 0 Å². The van der Waals surface area contributed by atoms with Crippen molar-refractivity contribution in [3.05, 3.63) is 48.2 Å². The summed E-state index contributed by atoms with van der Waals surface area (Å²) in [5.74, 6) is 1.75. The fourth-order valence-corrected chi connectivity index (χ4v) is 3.69. The fraction of sp³-hybridized carbons (Fsp3) is 0.409. The van der Waals surface area contributed by atoms with E-state index in [1.165, 1.54) is 12.5 Å². The van der Waals surface area contributed by atoms with Gasteiger partial charge in [0.2, 0.25) is 0 Å². The van der Waals surface area contributed by atoms with E-state index in [1.54, 1.807) is 12.3 Å². The fourth-order valence-electron chi connectivity index (χ4n) is 3.69. The van der Waals surface area contributed by atoms with Gasteiger partial charge in [0, 0.05) is 40.5 Å². The number of carbonyl (C=O) groups is 1. The number of hydrogen-bond acceptors (Lipinski definition) is 7. The minimum atomic E-state index is -0.253. The third-order valence-corrected chi connectivity index (χ3v) is 5.20. The number of aliphatic imine (C=N–C) groups is 1. The molecule has 3 heterocycles. The Balaban J connectivity index is 0.00000272. The molecule has 2 aromatic heterocycles. The van der Waals surface area contributed by atoms with E-state index in [9.17, 15) is 4.79 Å². The molecule has 0 bridgehead atoms. The van der Waals surface area contributed by atoms with Crippen molar-refractivity contribution in [2.45, 2.75) is 33.1 Å². The Morgan fingerprint density at radius 1 is 1.35 bits per heavy atom. The smallest absolute Gasteiger partial charge is 0.320 e. The van der Waals surface area contributed by atoms with Crippen LogP contribution in [0.3, 0.4) is 0 Å². The van der Waals surface area contributed by atoms with Crippen LogP contribution in [0.2, 0.25) is 0 Å². The van der Waals surface area contributed by atoms with Crippen LogP contribution in [0.4, 0.5) is 22.1 Å². The first kappa shape index (κ1) is 22.2. The molecule has 9 heteroatoms. The Morgan fingerprint density at radius 3 is 2.87 bits per heavy atom. The Morgan fingerprint density at radius 2 is 2.16 bits per heavy atom. The van der Waals surface area contributed by atoms with Gasteiger partial charge >= 0.3 is 6.03 Å². The first-order chi connectivity index (χ1) is 15.1. The molecule has 1 fully saturated rings. The van der Waals surface area contributed by atoms with E-state index in [4.69, 9.17) is 5.73 Å². The molecule has 0 spiro atoms. The van der Waals surface area contributed by atoms with Crippen LogP contribution in [0.5, 0.6) is 0 Å². The Hall–Kier alpha value is -3.49. The zero-order chi connectivity index (χ0) is 22.1. The van der Waals surface area contributed by atoms with Gasteiger partial charge in [0.15, 0.2) is 5.82 Å². The number of rotatable bonds is 7. The average molecular weight is 427 g/mol. The number of nitrogens with zero attached hydrogens (tertiary/aromatic N) is 5. The first-order valence-electron chi connectivity index (χ1n) is 10.6. The maximum atomic E-state index is 11.7. The number of anilines is 2. The molecule has 1 aliphatic rings. The summed E-state index contributed by atoms with van der Waals surface area (Å²) in [5.41, 5.74) is 8.40. The van der Waals surface area contributed by atoms with Crippen LogP contribution < -0.4 is 21.3 Å². The maximum absolute atomic E-state index is 11.7. The van der Waals surface area contributed by atoms with Crippen LogP contribution in [-0.2, 0) is 6.42 Å². The second kappa shape index (κ2) is 11.1. The average Bonchev–Trinajstić information content (AvgIpc) is 2.75. The minimum absolute atomic E-state index is 0. The van der Waals surface area contributed by atoms with Crippen LogP contribution in [0.15, 0.2) is 41.8 Å². The summed E-state index contributed by atoms with van der Waals surface area (Å²) in [6, 6.07) is 5.62. The number of allylic oxidation sites excluding steroid dienone is 1. The van der Waals surface area contributed by atoms with Gasteiger partial charge in [-0.1, -0.05) is 0 Å². The molecule has 0 atom stereocenters. The highest BCUT2D eigenvalue weighted by Crippen LogP contribution is 2.28. The summed E-state index contributed by atoms with van der Waals surface area (Å²) >= 11 is 0. The lowest BCUT2D eigenvalue weighted by Gasteiger charge is -2.34. The van der Waals surface area contributed by atoms with Crippen molar-refractivity contribution < 1.29 is 7.65 Å². The van der Waals surface area contributed by atoms with E-state index >= 15 is 0 Å². The Labute approximate surface area is 185 Å². The molecule has 4 N–H and O–H groups in total. The quantitative estimate of drug-likeness (QED) is 0.583. The summed E-state index contributed by atoms with van der Waals surface area (Å²) in [4.78, 5) is 31.4. The van der Waals surface area contributed by atoms with Crippen molar-refractivity contribution in [3.8, 4) is 0 Å². The number of pyridine rings is 1. The molecule has 31 heavy (non-hydrogen) atoms. The highest BCUT2D eigenvalue weighted by atomic mass is 16.2. The van der Waals surface area contributed by atoms with Crippen molar-refractivity contribution in [2.75, 3.05) is 29.9 Å². The van der Waals surface area contributed by atoms with E-state index in [-0.39, 0.29) is 8.88 Å². The highest BCUT2D eigenvalue weighted by Gasteiger charge is 2.22. The predicted octanol–water partition coefficient (Wildman–Crippen LogP) is 3.45. The Kier molecular flexibility index (Phi) is 7.91. The number of hydrogen-bond donors (Lipinski definition) is 3. The molecule has 2 aromatic rings. The third kappa shape index (κ3) is 6.50. The van der Waals surface area contributed by atoms with Gasteiger partial charge in [-0.3, -0.25) is 5.32 Å². The van der Waals surface area contributed by atoms with E-state index in [0.29, 0.717) is 24.1 Å². The molecule has 9 nitrogen and oxygen atoms in total. The number of nitrogens with one attached hydrogen (secondary N) is 2. The number of aromatic nitrogens is 3. The summed E-state index contributed by atoms with van der Waals surface area (Å²) in [7, 11) is 0. The summed E-state index contributed by atoms with van der Waals surface area (Å²) in [5, 5.41) is 5.44. The van der Waals surface area contributed by atoms with Crippen molar-refractivity contribution in [1.82, 2.24) is 20.3 Å². The van der Waals surface area contributed by atoms with Gasteiger partial charge in [0.25, 0.3) is 0 Å². The summed E-state index contributed by atoms with van der Waals surface area (Å²) < 4.78 is 0. The molecular weight excluding hydrogens is 392 g/mol. The van der Waals surface area contributed by atoms with Crippen LogP contribution in [0.1, 0.15) is 34.0 Å². The van der Waals surface area contributed by atoms with Gasteiger partial charge in [0.05, 0.1) is 11.4 Å². The van der Waals surface area contributed by atoms with Gasteiger partial charge in [-0.05, 0) is 63.4 Å². The van der Waals surface area contributed by atoms with Crippen molar-refractivity contribution in [1.29, 1.82) is 0 Å². The van der Waals surface area contributed by atoms with E-state index in [2.05, 4.69) is 41.5 Å². The van der Waals surface area contributed by atoms with Crippen LogP contribution in [0, 0.1) is 12.8 Å². The molecule has 1 aliphatic heterocycles. The molecule has 0 saturated carbocycles. The number of carbonyl (C=O) groups excluding carboxylic acids is 1. The van der Waals surface area contributed by atoms with Crippen molar-refractivity contribution >= 4 is 29.6 Å². The largest absolute Gasteiger partial charge is 0.405 e. The lowest BCUT2D eigenvalue weighted by atomic mass is 9.91. The zero-order valence-corrected chi connectivity index (χ0v) is 18.1. The number of nitrogens with two attached hydrogens (primary N) is 1. The summed E-state index contributed by atoms with van der Waals surface area (Å²) in [6.45, 7) is 6.40. The zero-order valence-electron chi connectivity index (χ0n) is 18.1. The van der Waals surface area contributed by atoms with Gasteiger partial charge in [-0.2, -0.15) is 0 Å².